The number of rotatable bonds is 14. The van der Waals surface area contributed by atoms with E-state index in [0.29, 0.717) is 42.7 Å². The first kappa shape index (κ1) is 54.9. The second-order valence-corrected chi connectivity index (χ2v) is 18.5. The highest BCUT2D eigenvalue weighted by molar-refractivity contribution is 6.04. The number of carbonyl (C=O) groups excluding carboxylic acids is 2. The Kier molecular flexibility index (Phi) is 19.0. The topological polar surface area (TPSA) is 234 Å². The molecule has 0 bridgehead atoms. The molecule has 4 heterocycles. The van der Waals surface area contributed by atoms with E-state index < -0.39 is 59.8 Å². The fourth-order valence-corrected chi connectivity index (χ4v) is 8.47. The van der Waals surface area contributed by atoms with Gasteiger partial charge in [-0.2, -0.15) is 9.97 Å². The monoisotopic (exact) mass is 965 g/mol. The highest BCUT2D eigenvalue weighted by atomic mass is 16.6. The van der Waals surface area contributed by atoms with Crippen molar-refractivity contribution < 1.29 is 39.5 Å². The molecule has 2 aromatic carbocycles. The molecule has 2 aliphatic rings. The van der Waals surface area contributed by atoms with Gasteiger partial charge in [0.15, 0.2) is 23.7 Å². The fraction of sp³-hybridized carbons (Fsp3) is 0.500. The molecular weight excluding hydrogens is 897 g/mol. The van der Waals surface area contributed by atoms with Crippen molar-refractivity contribution in [3.05, 3.63) is 117 Å². The van der Waals surface area contributed by atoms with E-state index in [1.165, 1.54) is 29.1 Å². The van der Waals surface area contributed by atoms with Crippen LogP contribution in [0.4, 0.5) is 11.6 Å². The number of aromatic nitrogens is 4. The standard InChI is InChI=1S/C27H36N4O4.C25H32N4O6/c1-7-22-20(6)27(34,15-11-16-30(18(2)3)19(4)5)25(35-22)31-17-14-23(29-26(31)33)28-24(32)21-12-9-8-10-13-21;1-16(2)28(17(3)4)13-8-12-25(34)21(31)19(15-30)35-23(25)29-14-11-20(27-24(29)33)26-22(32)18-9-6-5-7-10-18/h8-10,12-14,17-20,22,25,34H,7,16H2,1-6H3,(H,28,29,32,33);5-7,9-11,14,16-17,19,21,23,30-31,34H,13,15H2,1-4H3,(H,26,27,32,33)/t20-,22+,25+,27?;19-,21+,23-,25?/m01/s1. The summed E-state index contributed by atoms with van der Waals surface area (Å²) in [5.74, 6) is 10.7. The number of anilines is 2. The number of nitrogens with zero attached hydrogens (tertiary/aromatic N) is 6. The molecule has 4 aromatic rings. The summed E-state index contributed by atoms with van der Waals surface area (Å²) < 4.78 is 14.0. The number of nitrogens with one attached hydrogen (secondary N) is 2. The summed E-state index contributed by atoms with van der Waals surface area (Å²) >= 11 is 0. The molecule has 2 aliphatic heterocycles. The minimum Gasteiger partial charge on any atom is -0.394 e. The predicted octanol–water partition coefficient (Wildman–Crippen LogP) is 3.89. The van der Waals surface area contributed by atoms with E-state index in [4.69, 9.17) is 9.47 Å². The molecule has 18 heteroatoms. The maximum absolute atomic E-state index is 12.9. The third-order valence-corrected chi connectivity index (χ3v) is 12.5. The maximum Gasteiger partial charge on any atom is 0.351 e. The summed E-state index contributed by atoms with van der Waals surface area (Å²) in [4.78, 5) is 62.7. The molecule has 2 unspecified atom stereocenters. The molecule has 2 amide bonds. The molecule has 2 saturated heterocycles. The average Bonchev–Trinajstić information content (AvgIpc) is 3.72. The maximum atomic E-state index is 12.9. The van der Waals surface area contributed by atoms with Crippen LogP contribution in [0.3, 0.4) is 0 Å². The number of hydrogen-bond donors (Lipinski definition) is 6. The largest absolute Gasteiger partial charge is 0.394 e. The first-order valence-corrected chi connectivity index (χ1v) is 23.6. The van der Waals surface area contributed by atoms with Crippen LogP contribution in [-0.4, -0.2) is 135 Å². The first-order valence-electron chi connectivity index (χ1n) is 23.6. The van der Waals surface area contributed by atoms with Gasteiger partial charge >= 0.3 is 11.4 Å². The van der Waals surface area contributed by atoms with Crippen molar-refractivity contribution in [3.8, 4) is 23.7 Å². The van der Waals surface area contributed by atoms with E-state index in [1.807, 2.05) is 47.6 Å². The van der Waals surface area contributed by atoms with E-state index in [0.717, 1.165) is 4.57 Å². The van der Waals surface area contributed by atoms with Crippen LogP contribution < -0.4 is 22.0 Å². The molecular formula is C52H68N8O10. The highest BCUT2D eigenvalue weighted by Gasteiger charge is 2.56. The lowest BCUT2D eigenvalue weighted by molar-refractivity contribution is -0.0765. The van der Waals surface area contributed by atoms with Crippen LogP contribution in [0, 0.1) is 29.6 Å². The third kappa shape index (κ3) is 12.8. The van der Waals surface area contributed by atoms with Gasteiger partial charge in [0, 0.05) is 53.6 Å². The van der Waals surface area contributed by atoms with Crippen LogP contribution in [0.5, 0.6) is 0 Å². The fourth-order valence-electron chi connectivity index (χ4n) is 8.47. The second kappa shape index (κ2) is 24.2. The van der Waals surface area contributed by atoms with Crippen molar-refractivity contribution >= 4 is 23.5 Å². The Morgan fingerprint density at radius 2 is 1.06 bits per heavy atom. The van der Waals surface area contributed by atoms with E-state index >= 15 is 0 Å². The Balaban J connectivity index is 0.000000261. The Morgan fingerprint density at radius 3 is 1.43 bits per heavy atom. The van der Waals surface area contributed by atoms with Gasteiger partial charge in [-0.15, -0.1) is 0 Å². The number of amides is 2. The van der Waals surface area contributed by atoms with E-state index in [1.54, 1.807) is 54.6 Å². The number of ether oxygens (including phenoxy) is 2. The summed E-state index contributed by atoms with van der Waals surface area (Å²) in [7, 11) is 0. The van der Waals surface area contributed by atoms with Gasteiger partial charge in [0.2, 0.25) is 0 Å². The minimum atomic E-state index is -2.17. The normalized spacial score (nSPS) is 24.0. The third-order valence-electron chi connectivity index (χ3n) is 12.5. The summed E-state index contributed by atoms with van der Waals surface area (Å²) in [6.07, 6.45) is -2.00. The number of aliphatic hydroxyl groups excluding tert-OH is 2. The molecule has 18 nitrogen and oxygen atoms in total. The van der Waals surface area contributed by atoms with Gasteiger partial charge in [0.1, 0.15) is 23.8 Å². The highest BCUT2D eigenvalue weighted by Crippen LogP contribution is 2.43. The van der Waals surface area contributed by atoms with Crippen molar-refractivity contribution in [2.75, 3.05) is 30.3 Å². The molecule has 6 N–H and O–H groups in total. The quantitative estimate of drug-likeness (QED) is 0.0986. The number of carbonyl (C=O) groups is 2. The Morgan fingerprint density at radius 1 is 0.671 bits per heavy atom. The molecule has 8 atom stereocenters. The second-order valence-electron chi connectivity index (χ2n) is 18.5. The molecule has 6 rings (SSSR count). The summed E-state index contributed by atoms with van der Waals surface area (Å²) in [5, 5.41) is 48.5. The SMILES string of the molecule is CC(C)N(CC#CC1(O)[C@@H](O)[C@@H](CO)O[C@H]1n1ccc(NC(=O)c2ccccc2)nc1=O)C(C)C.CC[C@H]1O[C@@H](n2ccc(NC(=O)c3ccccc3)nc2=O)C(O)(C#CCN(C(C)C)C(C)C)[C@H]1C. The summed E-state index contributed by atoms with van der Waals surface area (Å²) in [6, 6.07) is 21.0. The van der Waals surface area contributed by atoms with Crippen molar-refractivity contribution in [2.24, 2.45) is 5.92 Å². The van der Waals surface area contributed by atoms with Gasteiger partial charge in [-0.3, -0.25) is 28.5 Å². The zero-order chi connectivity index (χ0) is 51.5. The van der Waals surface area contributed by atoms with Crippen molar-refractivity contribution in [2.45, 2.75) is 142 Å². The van der Waals surface area contributed by atoms with Gasteiger partial charge in [0.05, 0.1) is 25.8 Å². The minimum absolute atomic E-state index is 0.0106. The van der Waals surface area contributed by atoms with Crippen LogP contribution in [-0.2, 0) is 9.47 Å². The first-order chi connectivity index (χ1) is 33.2. The van der Waals surface area contributed by atoms with Crippen LogP contribution in [0.2, 0.25) is 0 Å². The van der Waals surface area contributed by atoms with Gasteiger partial charge in [-0.05, 0) is 98.2 Å². The Hall–Kier alpha value is -6.06. The molecule has 376 valence electrons. The molecule has 0 spiro atoms. The van der Waals surface area contributed by atoms with Crippen LogP contribution in [0.25, 0.3) is 0 Å². The van der Waals surface area contributed by atoms with E-state index in [2.05, 4.69) is 81.8 Å². The lowest BCUT2D eigenvalue weighted by Crippen LogP contribution is -2.48. The smallest absolute Gasteiger partial charge is 0.351 e. The number of hydrogen-bond acceptors (Lipinski definition) is 14. The number of benzene rings is 2. The molecule has 0 saturated carbocycles. The summed E-state index contributed by atoms with van der Waals surface area (Å²) in [6.45, 7) is 20.6. The number of aliphatic hydroxyl groups is 4. The zero-order valence-electron chi connectivity index (χ0n) is 41.6. The average molecular weight is 965 g/mol. The van der Waals surface area contributed by atoms with Crippen molar-refractivity contribution in [1.29, 1.82) is 0 Å². The molecule has 2 fully saturated rings. The van der Waals surface area contributed by atoms with Crippen LogP contribution in [0.15, 0.2) is 94.8 Å². The van der Waals surface area contributed by atoms with Gasteiger partial charge in [-0.1, -0.05) is 73.9 Å². The predicted molar refractivity (Wildman–Crippen MR) is 266 cm³/mol. The van der Waals surface area contributed by atoms with E-state index in [9.17, 15) is 39.6 Å². The summed E-state index contributed by atoms with van der Waals surface area (Å²) in [5.41, 5.74) is -4.37. The molecule has 70 heavy (non-hydrogen) atoms. The Bertz CT molecular complexity index is 2440. The van der Waals surface area contributed by atoms with Gasteiger partial charge in [0.25, 0.3) is 11.8 Å². The van der Waals surface area contributed by atoms with Gasteiger partial charge < -0.3 is 40.5 Å². The van der Waals surface area contributed by atoms with Crippen molar-refractivity contribution in [1.82, 2.24) is 28.9 Å². The molecule has 0 aliphatic carbocycles. The van der Waals surface area contributed by atoms with Crippen LogP contribution in [0.1, 0.15) is 109 Å². The van der Waals surface area contributed by atoms with E-state index in [-0.39, 0.29) is 41.6 Å². The molecule has 2 aromatic heterocycles. The lowest BCUT2D eigenvalue weighted by Gasteiger charge is -2.29. The van der Waals surface area contributed by atoms with Crippen LogP contribution >= 0.6 is 0 Å². The van der Waals surface area contributed by atoms with Crippen molar-refractivity contribution in [3.63, 3.8) is 0 Å². The zero-order valence-corrected chi connectivity index (χ0v) is 41.6. The Labute approximate surface area is 409 Å². The molecule has 0 radical (unpaired) electrons. The van der Waals surface area contributed by atoms with Gasteiger partial charge in [-0.25, -0.2) is 9.59 Å². The lowest BCUT2D eigenvalue weighted by atomic mass is 9.85.